The Morgan fingerprint density at radius 3 is 2.32 bits per heavy atom. The molecule has 0 aliphatic carbocycles. The molecule has 13 heteroatoms. The van der Waals surface area contributed by atoms with Gasteiger partial charge in [-0.2, -0.15) is 0 Å². The van der Waals surface area contributed by atoms with E-state index in [9.17, 15) is 19.5 Å². The van der Waals surface area contributed by atoms with E-state index >= 15 is 0 Å². The van der Waals surface area contributed by atoms with E-state index < -0.39 is 16.9 Å². The smallest absolute Gasteiger partial charge is 0.329 e. The SMILES string of the molecule is CN1CCN(c2ncc(-c3ccc4ncc5c(=O)[nH]c(=O)n(C6CCN(C(=O)C(C)(C)O)CC6)c5c4n3)cn2)CC1. The second-order valence-corrected chi connectivity index (χ2v) is 11.4. The van der Waals surface area contributed by atoms with Gasteiger partial charge in [-0.1, -0.05) is 0 Å². The molecule has 0 spiro atoms. The molecule has 2 saturated heterocycles. The van der Waals surface area contributed by atoms with Crippen LogP contribution in [0.3, 0.4) is 0 Å². The van der Waals surface area contributed by atoms with Crippen molar-refractivity contribution in [2.24, 2.45) is 0 Å². The van der Waals surface area contributed by atoms with Crippen LogP contribution in [-0.2, 0) is 4.79 Å². The molecule has 0 atom stereocenters. The summed E-state index contributed by atoms with van der Waals surface area (Å²) in [4.78, 5) is 65.6. The highest BCUT2D eigenvalue weighted by molar-refractivity contribution is 6.01. The molecule has 0 saturated carbocycles. The second-order valence-electron chi connectivity index (χ2n) is 11.4. The molecule has 1 amide bonds. The predicted molar refractivity (Wildman–Crippen MR) is 154 cm³/mol. The van der Waals surface area contributed by atoms with Crippen molar-refractivity contribution in [3.05, 3.63) is 51.6 Å². The second kappa shape index (κ2) is 10.3. The molecule has 6 heterocycles. The molecule has 4 aromatic rings. The van der Waals surface area contributed by atoms with Crippen LogP contribution in [0, 0.1) is 0 Å². The van der Waals surface area contributed by atoms with Crippen LogP contribution in [0.5, 0.6) is 0 Å². The number of piperazine rings is 1. The van der Waals surface area contributed by atoms with Crippen molar-refractivity contribution < 1.29 is 9.90 Å². The number of nitrogens with one attached hydrogen (secondary N) is 1. The van der Waals surface area contributed by atoms with Gasteiger partial charge in [-0.3, -0.25) is 24.1 Å². The summed E-state index contributed by atoms with van der Waals surface area (Å²) < 4.78 is 1.58. The molecule has 0 radical (unpaired) electrons. The van der Waals surface area contributed by atoms with Crippen LogP contribution in [0.25, 0.3) is 33.2 Å². The highest BCUT2D eigenvalue weighted by Crippen LogP contribution is 2.29. The van der Waals surface area contributed by atoms with Crippen LogP contribution in [-0.4, -0.2) is 102 Å². The Kier molecular flexibility index (Phi) is 6.78. The van der Waals surface area contributed by atoms with Crippen molar-refractivity contribution >= 4 is 33.8 Å². The van der Waals surface area contributed by atoms with Gasteiger partial charge in [0.25, 0.3) is 11.5 Å². The number of rotatable bonds is 4. The van der Waals surface area contributed by atoms with Crippen LogP contribution in [0.15, 0.2) is 40.3 Å². The van der Waals surface area contributed by atoms with E-state index in [0.717, 1.165) is 26.2 Å². The zero-order valence-corrected chi connectivity index (χ0v) is 23.4. The number of anilines is 1. The number of amides is 1. The lowest BCUT2D eigenvalue weighted by Crippen LogP contribution is -2.49. The maximum absolute atomic E-state index is 13.2. The number of carbonyl (C=O) groups is 1. The molecular formula is C28H33N9O4. The number of fused-ring (bicyclic) bond motifs is 3. The number of aromatic nitrogens is 6. The Morgan fingerprint density at radius 2 is 1.66 bits per heavy atom. The van der Waals surface area contributed by atoms with E-state index in [0.29, 0.717) is 59.7 Å². The van der Waals surface area contributed by atoms with Gasteiger partial charge in [0.1, 0.15) is 11.1 Å². The molecule has 2 aliphatic heterocycles. The molecule has 6 rings (SSSR count). The Balaban J connectivity index is 1.38. The highest BCUT2D eigenvalue weighted by atomic mass is 16.3. The van der Waals surface area contributed by atoms with Gasteiger partial charge in [-0.05, 0) is 45.9 Å². The number of aliphatic hydroxyl groups is 1. The van der Waals surface area contributed by atoms with Crippen molar-refractivity contribution in [1.29, 1.82) is 0 Å². The fraction of sp³-hybridized carbons (Fsp3) is 0.464. The molecule has 13 nitrogen and oxygen atoms in total. The number of aromatic amines is 1. The number of likely N-dealkylation sites (tertiary alicyclic amines) is 1. The van der Waals surface area contributed by atoms with Crippen molar-refractivity contribution in [3.63, 3.8) is 0 Å². The van der Waals surface area contributed by atoms with Crippen molar-refractivity contribution in [2.75, 3.05) is 51.2 Å². The number of nitrogens with zero attached hydrogens (tertiary/aromatic N) is 8. The summed E-state index contributed by atoms with van der Waals surface area (Å²) in [6.07, 6.45) is 5.90. The monoisotopic (exact) mass is 559 g/mol. The standard InChI is InChI=1S/C28H33N9O4/c1-28(2,41)25(39)35-8-6-18(7-9-35)37-23-19(24(38)33-27(37)40)16-29-21-5-4-20(32-22(21)23)17-14-30-26(31-15-17)36-12-10-34(3)11-13-36/h4-5,14-16,18,41H,6-13H2,1-3H3,(H,33,38,40). The summed E-state index contributed by atoms with van der Waals surface area (Å²) in [5, 5.41) is 10.4. The first-order valence-corrected chi connectivity index (χ1v) is 13.8. The molecule has 0 unspecified atom stereocenters. The van der Waals surface area contributed by atoms with Gasteiger partial charge in [0.15, 0.2) is 0 Å². The van der Waals surface area contributed by atoms with Gasteiger partial charge in [0, 0.05) is 69.5 Å². The van der Waals surface area contributed by atoms with E-state index in [1.165, 1.54) is 20.0 Å². The topological polar surface area (TPSA) is 153 Å². The van der Waals surface area contributed by atoms with Gasteiger partial charge in [0.05, 0.1) is 22.1 Å². The lowest BCUT2D eigenvalue weighted by Gasteiger charge is -2.36. The first-order valence-electron chi connectivity index (χ1n) is 13.8. The average molecular weight is 560 g/mol. The van der Waals surface area contributed by atoms with Gasteiger partial charge < -0.3 is 19.8 Å². The molecule has 2 fully saturated rings. The molecule has 214 valence electrons. The first kappa shape index (κ1) is 27.0. The van der Waals surface area contributed by atoms with Gasteiger partial charge >= 0.3 is 5.69 Å². The Hall–Kier alpha value is -4.23. The van der Waals surface area contributed by atoms with Crippen molar-refractivity contribution in [3.8, 4) is 11.3 Å². The summed E-state index contributed by atoms with van der Waals surface area (Å²) in [5.74, 6) is 0.320. The van der Waals surface area contributed by atoms with E-state index in [1.807, 2.05) is 12.1 Å². The molecule has 41 heavy (non-hydrogen) atoms. The summed E-state index contributed by atoms with van der Waals surface area (Å²) >= 11 is 0. The number of likely N-dealkylation sites (N-methyl/N-ethyl adjacent to an activating group) is 1. The fourth-order valence-corrected chi connectivity index (χ4v) is 5.64. The maximum atomic E-state index is 13.2. The van der Waals surface area contributed by atoms with Crippen LogP contribution < -0.4 is 16.1 Å². The van der Waals surface area contributed by atoms with Gasteiger partial charge in [-0.15, -0.1) is 0 Å². The lowest BCUT2D eigenvalue weighted by molar-refractivity contribution is -0.149. The molecular weight excluding hydrogens is 526 g/mol. The zero-order valence-electron chi connectivity index (χ0n) is 23.4. The van der Waals surface area contributed by atoms with Crippen LogP contribution in [0.2, 0.25) is 0 Å². The Bertz CT molecular complexity index is 1730. The number of carbonyl (C=O) groups excluding carboxylic acids is 1. The van der Waals surface area contributed by atoms with Crippen LogP contribution in [0.1, 0.15) is 32.7 Å². The molecule has 4 aromatic heterocycles. The van der Waals surface area contributed by atoms with Gasteiger partial charge in [-0.25, -0.2) is 19.7 Å². The Morgan fingerprint density at radius 1 is 0.976 bits per heavy atom. The summed E-state index contributed by atoms with van der Waals surface area (Å²) in [7, 11) is 2.10. The third-order valence-corrected chi connectivity index (χ3v) is 7.97. The summed E-state index contributed by atoms with van der Waals surface area (Å²) in [5.41, 5.74) is 0.161. The van der Waals surface area contributed by atoms with E-state index in [2.05, 4.69) is 36.8 Å². The minimum absolute atomic E-state index is 0.262. The zero-order chi connectivity index (χ0) is 28.9. The van der Waals surface area contributed by atoms with E-state index in [4.69, 9.17) is 4.98 Å². The number of hydrogen-bond donors (Lipinski definition) is 2. The predicted octanol–water partition coefficient (Wildman–Crippen LogP) is 0.776. The quantitative estimate of drug-likeness (QED) is 0.343. The molecule has 2 aliphatic rings. The van der Waals surface area contributed by atoms with E-state index in [-0.39, 0.29) is 17.3 Å². The number of pyridine rings is 2. The number of piperidine rings is 1. The maximum Gasteiger partial charge on any atom is 0.329 e. The molecule has 2 N–H and O–H groups in total. The molecule has 0 bridgehead atoms. The van der Waals surface area contributed by atoms with Gasteiger partial charge in [0.2, 0.25) is 5.95 Å². The number of hydrogen-bond acceptors (Lipinski definition) is 10. The highest BCUT2D eigenvalue weighted by Gasteiger charge is 2.33. The largest absolute Gasteiger partial charge is 0.381 e. The summed E-state index contributed by atoms with van der Waals surface area (Å²) in [6.45, 7) is 7.30. The summed E-state index contributed by atoms with van der Waals surface area (Å²) in [6, 6.07) is 3.35. The van der Waals surface area contributed by atoms with Crippen molar-refractivity contribution in [1.82, 2.24) is 39.3 Å². The van der Waals surface area contributed by atoms with E-state index in [1.54, 1.807) is 21.9 Å². The van der Waals surface area contributed by atoms with Crippen molar-refractivity contribution in [2.45, 2.75) is 38.3 Å². The lowest BCUT2D eigenvalue weighted by atomic mass is 10.0. The minimum atomic E-state index is -1.47. The first-order chi connectivity index (χ1) is 19.6. The van der Waals surface area contributed by atoms with Crippen LogP contribution >= 0.6 is 0 Å². The Labute approximate surface area is 235 Å². The normalized spacial score (nSPS) is 17.5. The fourth-order valence-electron chi connectivity index (χ4n) is 5.64. The average Bonchev–Trinajstić information content (AvgIpc) is 2.97. The minimum Gasteiger partial charge on any atom is -0.381 e. The molecule has 0 aromatic carbocycles. The number of H-pyrrole nitrogens is 1. The third kappa shape index (κ3) is 5.06. The third-order valence-electron chi connectivity index (χ3n) is 7.97. The van der Waals surface area contributed by atoms with Crippen LogP contribution in [0.4, 0.5) is 5.95 Å².